The van der Waals surface area contributed by atoms with E-state index < -0.39 is 0 Å². The average Bonchev–Trinajstić information content (AvgIpc) is 2.43. The van der Waals surface area contributed by atoms with E-state index in [2.05, 4.69) is 41.5 Å². The quantitative estimate of drug-likeness (QED) is 0.862. The van der Waals surface area contributed by atoms with Crippen molar-refractivity contribution in [3.8, 4) is 5.88 Å². The summed E-state index contributed by atoms with van der Waals surface area (Å²) < 4.78 is 5.10. The molecule has 4 nitrogen and oxygen atoms in total. The second kappa shape index (κ2) is 6.09. The summed E-state index contributed by atoms with van der Waals surface area (Å²) in [6.45, 7) is 2.18. The molecule has 100 valence electrons. The molecule has 0 saturated heterocycles. The molecule has 0 aliphatic rings. The zero-order valence-electron chi connectivity index (χ0n) is 11.3. The van der Waals surface area contributed by atoms with Crippen LogP contribution in [0.15, 0.2) is 36.4 Å². The van der Waals surface area contributed by atoms with Crippen LogP contribution in [0.4, 0.5) is 17.2 Å². The van der Waals surface area contributed by atoms with Crippen LogP contribution >= 0.6 is 0 Å². The molecule has 2 rings (SSSR count). The Bertz CT molecular complexity index is 538. The number of ether oxygens (including phenoxy) is 1. The highest BCUT2D eigenvalue weighted by Gasteiger charge is 2.03. The summed E-state index contributed by atoms with van der Waals surface area (Å²) in [5.74, 6) is 1.15. The van der Waals surface area contributed by atoms with Crippen LogP contribution in [0.5, 0.6) is 5.88 Å². The summed E-state index contributed by atoms with van der Waals surface area (Å²) in [5.41, 5.74) is 8.61. The van der Waals surface area contributed by atoms with Crippen LogP contribution in [0.25, 0.3) is 0 Å². The standard InChI is InChI=1S/C15H19N3O/c1-3-4-11-5-7-12(8-6-11)17-14-10-9-13(16)15(18-14)19-2/h5-10H,3-4,16H2,1-2H3,(H,17,18). The summed E-state index contributed by atoms with van der Waals surface area (Å²) in [6.07, 6.45) is 2.26. The monoisotopic (exact) mass is 257 g/mol. The van der Waals surface area contributed by atoms with E-state index in [1.165, 1.54) is 5.56 Å². The molecular formula is C15H19N3O. The van der Waals surface area contributed by atoms with E-state index >= 15 is 0 Å². The number of nitrogens with two attached hydrogens (primary N) is 1. The van der Waals surface area contributed by atoms with Crippen LogP contribution in [0, 0.1) is 0 Å². The van der Waals surface area contributed by atoms with Crippen molar-refractivity contribution < 1.29 is 4.74 Å². The normalized spacial score (nSPS) is 10.2. The van der Waals surface area contributed by atoms with Crippen molar-refractivity contribution in [2.24, 2.45) is 0 Å². The summed E-state index contributed by atoms with van der Waals surface area (Å²) in [7, 11) is 1.56. The molecule has 2 aromatic rings. The highest BCUT2D eigenvalue weighted by molar-refractivity contribution is 5.60. The van der Waals surface area contributed by atoms with E-state index in [0.29, 0.717) is 17.4 Å². The van der Waals surface area contributed by atoms with Gasteiger partial charge in [-0.3, -0.25) is 0 Å². The number of hydrogen-bond donors (Lipinski definition) is 2. The maximum atomic E-state index is 5.73. The van der Waals surface area contributed by atoms with Gasteiger partial charge < -0.3 is 15.8 Å². The van der Waals surface area contributed by atoms with E-state index in [-0.39, 0.29) is 0 Å². The largest absolute Gasteiger partial charge is 0.479 e. The first-order chi connectivity index (χ1) is 9.22. The van der Waals surface area contributed by atoms with Crippen LogP contribution in [0.3, 0.4) is 0 Å². The molecule has 0 fully saturated rings. The summed E-state index contributed by atoms with van der Waals surface area (Å²) in [4.78, 5) is 4.29. The first-order valence-electron chi connectivity index (χ1n) is 6.39. The smallest absolute Gasteiger partial charge is 0.238 e. The van der Waals surface area contributed by atoms with E-state index in [4.69, 9.17) is 10.5 Å². The Hall–Kier alpha value is -2.23. The first-order valence-corrected chi connectivity index (χ1v) is 6.39. The molecule has 4 heteroatoms. The van der Waals surface area contributed by atoms with Crippen LogP contribution in [-0.4, -0.2) is 12.1 Å². The molecule has 3 N–H and O–H groups in total. The van der Waals surface area contributed by atoms with E-state index in [1.807, 2.05) is 6.07 Å². The Kier molecular flexibility index (Phi) is 4.23. The van der Waals surface area contributed by atoms with Crippen molar-refractivity contribution in [1.82, 2.24) is 4.98 Å². The van der Waals surface area contributed by atoms with Gasteiger partial charge in [-0.25, -0.2) is 0 Å². The van der Waals surface area contributed by atoms with Gasteiger partial charge in [0, 0.05) is 5.69 Å². The van der Waals surface area contributed by atoms with Crippen molar-refractivity contribution in [3.63, 3.8) is 0 Å². The average molecular weight is 257 g/mol. The zero-order chi connectivity index (χ0) is 13.7. The summed E-state index contributed by atoms with van der Waals surface area (Å²) in [6, 6.07) is 12.0. The number of nitrogens with one attached hydrogen (secondary N) is 1. The number of nitrogen functional groups attached to an aromatic ring is 1. The van der Waals surface area contributed by atoms with Gasteiger partial charge in [-0.2, -0.15) is 4.98 Å². The number of methoxy groups -OCH3 is 1. The van der Waals surface area contributed by atoms with Crippen LogP contribution < -0.4 is 15.8 Å². The van der Waals surface area contributed by atoms with E-state index in [0.717, 1.165) is 18.5 Å². The minimum atomic E-state index is 0.438. The predicted octanol–water partition coefficient (Wildman–Crippen LogP) is 3.37. The zero-order valence-corrected chi connectivity index (χ0v) is 11.3. The number of aryl methyl sites for hydroxylation is 1. The fourth-order valence-corrected chi connectivity index (χ4v) is 1.88. The lowest BCUT2D eigenvalue weighted by Crippen LogP contribution is -1.99. The maximum Gasteiger partial charge on any atom is 0.238 e. The van der Waals surface area contributed by atoms with Gasteiger partial charge in [0.25, 0.3) is 0 Å². The third kappa shape index (κ3) is 3.37. The second-order valence-corrected chi connectivity index (χ2v) is 4.37. The molecule has 0 amide bonds. The molecule has 19 heavy (non-hydrogen) atoms. The Morgan fingerprint density at radius 2 is 1.89 bits per heavy atom. The van der Waals surface area contributed by atoms with Gasteiger partial charge in [0.15, 0.2) is 0 Å². The van der Waals surface area contributed by atoms with Crippen molar-refractivity contribution in [1.29, 1.82) is 0 Å². The van der Waals surface area contributed by atoms with Gasteiger partial charge in [0.1, 0.15) is 5.82 Å². The van der Waals surface area contributed by atoms with Gasteiger partial charge in [0.2, 0.25) is 5.88 Å². The van der Waals surface area contributed by atoms with Crippen molar-refractivity contribution >= 4 is 17.2 Å². The SMILES string of the molecule is CCCc1ccc(Nc2ccc(N)c(OC)n2)cc1. The third-order valence-corrected chi connectivity index (χ3v) is 2.85. The third-order valence-electron chi connectivity index (χ3n) is 2.85. The lowest BCUT2D eigenvalue weighted by atomic mass is 10.1. The molecular weight excluding hydrogens is 238 g/mol. The fourth-order valence-electron chi connectivity index (χ4n) is 1.88. The fraction of sp³-hybridized carbons (Fsp3) is 0.267. The molecule has 0 bridgehead atoms. The lowest BCUT2D eigenvalue weighted by Gasteiger charge is -2.09. The molecule has 0 aliphatic heterocycles. The summed E-state index contributed by atoms with van der Waals surface area (Å²) >= 11 is 0. The molecule has 1 heterocycles. The van der Waals surface area contributed by atoms with E-state index in [9.17, 15) is 0 Å². The minimum Gasteiger partial charge on any atom is -0.479 e. The molecule has 0 atom stereocenters. The maximum absolute atomic E-state index is 5.73. The van der Waals surface area contributed by atoms with Gasteiger partial charge in [-0.1, -0.05) is 25.5 Å². The Labute approximate surface area is 113 Å². The molecule has 0 unspecified atom stereocenters. The van der Waals surface area contributed by atoms with Crippen LogP contribution in [-0.2, 0) is 6.42 Å². The van der Waals surface area contributed by atoms with Gasteiger partial charge in [-0.15, -0.1) is 0 Å². The van der Waals surface area contributed by atoms with E-state index in [1.54, 1.807) is 13.2 Å². The highest BCUT2D eigenvalue weighted by atomic mass is 16.5. The number of hydrogen-bond acceptors (Lipinski definition) is 4. The lowest BCUT2D eigenvalue weighted by molar-refractivity contribution is 0.401. The molecule has 0 radical (unpaired) electrons. The molecule has 1 aromatic heterocycles. The number of rotatable bonds is 5. The minimum absolute atomic E-state index is 0.438. The Morgan fingerprint density at radius 3 is 2.53 bits per heavy atom. The number of nitrogens with zero attached hydrogens (tertiary/aromatic N) is 1. The van der Waals surface area contributed by atoms with Gasteiger partial charge in [0.05, 0.1) is 12.8 Å². The number of pyridine rings is 1. The van der Waals surface area contributed by atoms with Crippen molar-refractivity contribution in [3.05, 3.63) is 42.0 Å². The summed E-state index contributed by atoms with van der Waals surface area (Å²) in [5, 5.41) is 3.23. The van der Waals surface area contributed by atoms with Crippen molar-refractivity contribution in [2.75, 3.05) is 18.2 Å². The highest BCUT2D eigenvalue weighted by Crippen LogP contribution is 2.23. The molecule has 0 spiro atoms. The Balaban J connectivity index is 2.12. The topological polar surface area (TPSA) is 60.2 Å². The van der Waals surface area contributed by atoms with Crippen LogP contribution in [0.1, 0.15) is 18.9 Å². The molecule has 0 aliphatic carbocycles. The van der Waals surface area contributed by atoms with Gasteiger partial charge in [-0.05, 0) is 36.2 Å². The molecule has 1 aromatic carbocycles. The predicted molar refractivity (Wildman–Crippen MR) is 78.9 cm³/mol. The van der Waals surface area contributed by atoms with Crippen LogP contribution in [0.2, 0.25) is 0 Å². The number of benzene rings is 1. The molecule has 0 saturated carbocycles. The number of aromatic nitrogens is 1. The number of anilines is 3. The van der Waals surface area contributed by atoms with Gasteiger partial charge >= 0.3 is 0 Å². The van der Waals surface area contributed by atoms with Crippen molar-refractivity contribution in [2.45, 2.75) is 19.8 Å². The second-order valence-electron chi connectivity index (χ2n) is 4.37. The Morgan fingerprint density at radius 1 is 1.16 bits per heavy atom. The first kappa shape index (κ1) is 13.2.